The normalized spacial score (nSPS) is 28.9. The Morgan fingerprint density at radius 2 is 2.24 bits per heavy atom. The third-order valence-electron chi connectivity index (χ3n) is 3.22. The van der Waals surface area contributed by atoms with E-state index >= 15 is 0 Å². The summed E-state index contributed by atoms with van der Waals surface area (Å²) in [4.78, 5) is 11.9. The van der Waals surface area contributed by atoms with Gasteiger partial charge in [-0.3, -0.25) is 4.79 Å². The zero-order chi connectivity index (χ0) is 12.9. The first-order valence-corrected chi connectivity index (χ1v) is 5.79. The van der Waals surface area contributed by atoms with E-state index in [1.54, 1.807) is 14.2 Å². The summed E-state index contributed by atoms with van der Waals surface area (Å²) in [5.41, 5.74) is -0.815. The lowest BCUT2D eigenvalue weighted by Gasteiger charge is -2.39. The zero-order valence-electron chi connectivity index (χ0n) is 10.7. The van der Waals surface area contributed by atoms with Crippen LogP contribution < -0.4 is 5.32 Å². The van der Waals surface area contributed by atoms with Crippen LogP contribution >= 0.6 is 0 Å². The highest BCUT2D eigenvalue weighted by atomic mass is 16.5. The second kappa shape index (κ2) is 5.99. The predicted octanol–water partition coefficient (Wildman–Crippen LogP) is 0.704. The van der Waals surface area contributed by atoms with Crippen molar-refractivity contribution >= 4 is 5.91 Å². The fourth-order valence-electron chi connectivity index (χ4n) is 2.23. The molecule has 0 radical (unpaired) electrons. The van der Waals surface area contributed by atoms with E-state index < -0.39 is 5.41 Å². The van der Waals surface area contributed by atoms with Gasteiger partial charge < -0.3 is 14.8 Å². The summed E-state index contributed by atoms with van der Waals surface area (Å²) in [6.45, 7) is 2.85. The van der Waals surface area contributed by atoms with Gasteiger partial charge in [-0.15, -0.1) is 0 Å². The van der Waals surface area contributed by atoms with Crippen molar-refractivity contribution < 1.29 is 14.3 Å². The number of hydrogen-bond acceptors (Lipinski definition) is 4. The van der Waals surface area contributed by atoms with Crippen molar-refractivity contribution in [3.05, 3.63) is 0 Å². The quantitative estimate of drug-likeness (QED) is 0.742. The summed E-state index contributed by atoms with van der Waals surface area (Å²) in [6.07, 6.45) is 1.13. The number of nitriles is 1. The van der Waals surface area contributed by atoms with E-state index in [2.05, 4.69) is 11.4 Å². The Bertz CT molecular complexity index is 305. The number of hydrogen-bond donors (Lipinski definition) is 1. The van der Waals surface area contributed by atoms with Crippen LogP contribution in [0.25, 0.3) is 0 Å². The van der Waals surface area contributed by atoms with Crippen LogP contribution in [0.1, 0.15) is 19.8 Å². The number of rotatable bonds is 6. The van der Waals surface area contributed by atoms with Gasteiger partial charge >= 0.3 is 0 Å². The maximum Gasteiger partial charge on any atom is 0.240 e. The highest BCUT2D eigenvalue weighted by molar-refractivity contribution is 5.86. The molecule has 1 saturated carbocycles. The van der Waals surface area contributed by atoms with Crippen molar-refractivity contribution in [3.63, 3.8) is 0 Å². The van der Waals surface area contributed by atoms with Crippen molar-refractivity contribution in [1.82, 2.24) is 5.32 Å². The minimum absolute atomic E-state index is 0.169. The first kappa shape index (κ1) is 13.9. The van der Waals surface area contributed by atoms with Gasteiger partial charge in [-0.25, -0.2) is 0 Å². The van der Waals surface area contributed by atoms with Crippen molar-refractivity contribution in [1.29, 1.82) is 5.26 Å². The van der Waals surface area contributed by atoms with Crippen molar-refractivity contribution in [3.8, 4) is 6.07 Å². The Morgan fingerprint density at radius 1 is 1.59 bits per heavy atom. The average molecular weight is 240 g/mol. The van der Waals surface area contributed by atoms with Crippen LogP contribution in [-0.2, 0) is 14.3 Å². The van der Waals surface area contributed by atoms with E-state index in [0.717, 1.165) is 0 Å². The minimum atomic E-state index is -0.815. The molecule has 1 aliphatic carbocycles. The first-order valence-electron chi connectivity index (χ1n) is 5.79. The van der Waals surface area contributed by atoms with Gasteiger partial charge in [0, 0.05) is 20.8 Å². The molecular formula is C12H20N2O3. The molecule has 5 nitrogen and oxygen atoms in total. The van der Waals surface area contributed by atoms with E-state index in [1.165, 1.54) is 0 Å². The lowest BCUT2D eigenvalue weighted by molar-refractivity contribution is -0.134. The number of ether oxygens (including phenoxy) is 2. The molecule has 1 unspecified atom stereocenters. The monoisotopic (exact) mass is 240 g/mol. The number of nitrogens with one attached hydrogen (secondary N) is 1. The van der Waals surface area contributed by atoms with Crippen LogP contribution in [-0.4, -0.2) is 39.4 Å². The summed E-state index contributed by atoms with van der Waals surface area (Å²) in [7, 11) is 3.15. The number of carbonyl (C=O) groups is 1. The molecule has 1 rings (SSSR count). The minimum Gasteiger partial charge on any atom is -0.382 e. The van der Waals surface area contributed by atoms with Gasteiger partial charge in [0.2, 0.25) is 5.91 Å². The summed E-state index contributed by atoms with van der Waals surface area (Å²) in [5.74, 6) is 0.272. The molecule has 0 aromatic carbocycles. The number of carbonyl (C=O) groups excluding carboxylic acids is 1. The third kappa shape index (κ3) is 3.18. The van der Waals surface area contributed by atoms with E-state index in [-0.39, 0.29) is 12.0 Å². The lowest BCUT2D eigenvalue weighted by Crippen LogP contribution is -2.50. The maximum absolute atomic E-state index is 11.9. The Kier molecular flexibility index (Phi) is 4.91. The Labute approximate surface area is 102 Å². The summed E-state index contributed by atoms with van der Waals surface area (Å²) in [6, 6.07) is 2.13. The van der Waals surface area contributed by atoms with Crippen LogP contribution in [0.3, 0.4) is 0 Å². The van der Waals surface area contributed by atoms with E-state index in [0.29, 0.717) is 31.9 Å². The van der Waals surface area contributed by atoms with E-state index in [1.807, 2.05) is 6.92 Å². The summed E-state index contributed by atoms with van der Waals surface area (Å²) >= 11 is 0. The molecule has 0 spiro atoms. The molecule has 5 heteroatoms. The second-order valence-corrected chi connectivity index (χ2v) is 4.73. The van der Waals surface area contributed by atoms with Crippen LogP contribution in [0.5, 0.6) is 0 Å². The number of nitrogens with zero attached hydrogens (tertiary/aromatic N) is 1. The van der Waals surface area contributed by atoms with Crippen LogP contribution in [0.2, 0.25) is 0 Å². The van der Waals surface area contributed by atoms with Crippen molar-refractivity contribution in [2.24, 2.45) is 11.3 Å². The number of amides is 1. The van der Waals surface area contributed by atoms with Crippen LogP contribution in [0, 0.1) is 22.7 Å². The smallest absolute Gasteiger partial charge is 0.240 e. The van der Waals surface area contributed by atoms with Gasteiger partial charge in [0.05, 0.1) is 18.8 Å². The molecule has 0 aliphatic heterocycles. The van der Waals surface area contributed by atoms with E-state index in [9.17, 15) is 4.79 Å². The average Bonchev–Trinajstić information content (AvgIpc) is 2.29. The molecule has 96 valence electrons. The number of methoxy groups -OCH3 is 2. The first-order chi connectivity index (χ1) is 8.07. The zero-order valence-corrected chi connectivity index (χ0v) is 10.7. The van der Waals surface area contributed by atoms with Gasteiger partial charge in [0.1, 0.15) is 5.41 Å². The molecule has 1 atom stereocenters. The molecule has 1 amide bonds. The topological polar surface area (TPSA) is 71.3 Å². The highest BCUT2D eigenvalue weighted by Crippen LogP contribution is 2.44. The third-order valence-corrected chi connectivity index (χ3v) is 3.22. The molecule has 0 saturated heterocycles. The van der Waals surface area contributed by atoms with Crippen LogP contribution in [0.4, 0.5) is 0 Å². The Hall–Kier alpha value is -1.12. The Morgan fingerprint density at radius 3 is 2.65 bits per heavy atom. The van der Waals surface area contributed by atoms with E-state index in [4.69, 9.17) is 14.7 Å². The molecule has 1 aliphatic rings. The van der Waals surface area contributed by atoms with Gasteiger partial charge in [-0.05, 0) is 18.8 Å². The predicted molar refractivity (Wildman–Crippen MR) is 62.1 cm³/mol. The molecule has 0 bridgehead atoms. The fourth-order valence-corrected chi connectivity index (χ4v) is 2.23. The van der Waals surface area contributed by atoms with Gasteiger partial charge in [0.15, 0.2) is 0 Å². The van der Waals surface area contributed by atoms with Gasteiger partial charge in [0.25, 0.3) is 0 Å². The van der Waals surface area contributed by atoms with Crippen molar-refractivity contribution in [2.75, 3.05) is 27.4 Å². The maximum atomic E-state index is 11.9. The summed E-state index contributed by atoms with van der Waals surface area (Å²) < 4.78 is 10.1. The molecular weight excluding hydrogens is 220 g/mol. The molecule has 0 aromatic rings. The molecule has 0 heterocycles. The van der Waals surface area contributed by atoms with Crippen LogP contribution in [0.15, 0.2) is 0 Å². The largest absolute Gasteiger partial charge is 0.382 e. The highest BCUT2D eigenvalue weighted by Gasteiger charge is 2.48. The SMILES string of the molecule is COCC(CNC(=O)C1(C#N)CC(C)C1)OC. The van der Waals surface area contributed by atoms with Gasteiger partial charge in [-0.1, -0.05) is 6.92 Å². The Balaban J connectivity index is 2.41. The standard InChI is InChI=1S/C12H20N2O3/c1-9-4-12(5-9,8-13)11(15)14-6-10(17-3)7-16-2/h9-10H,4-7H2,1-3H3,(H,14,15). The van der Waals surface area contributed by atoms with Gasteiger partial charge in [-0.2, -0.15) is 5.26 Å². The lowest BCUT2D eigenvalue weighted by atomic mass is 9.63. The molecule has 1 fully saturated rings. The molecule has 0 aromatic heterocycles. The molecule has 17 heavy (non-hydrogen) atoms. The summed E-state index contributed by atoms with van der Waals surface area (Å²) in [5, 5.41) is 11.9. The fraction of sp³-hybridized carbons (Fsp3) is 0.833. The molecule has 1 N–H and O–H groups in total. The van der Waals surface area contributed by atoms with Crippen molar-refractivity contribution in [2.45, 2.75) is 25.9 Å². The second-order valence-electron chi connectivity index (χ2n) is 4.73.